The van der Waals surface area contributed by atoms with Gasteiger partial charge in [0.2, 0.25) is 5.89 Å². The lowest BCUT2D eigenvalue weighted by Crippen LogP contribution is -2.11. The predicted molar refractivity (Wildman–Crippen MR) is 102 cm³/mol. The van der Waals surface area contributed by atoms with Crippen molar-refractivity contribution in [1.82, 2.24) is 10.2 Å². The van der Waals surface area contributed by atoms with Crippen LogP contribution in [0.15, 0.2) is 45.2 Å². The van der Waals surface area contributed by atoms with E-state index < -0.39 is 5.91 Å². The van der Waals surface area contributed by atoms with Crippen molar-refractivity contribution in [3.63, 3.8) is 0 Å². The molecule has 4 aromatic rings. The number of rotatable bonds is 6. The van der Waals surface area contributed by atoms with Gasteiger partial charge in [-0.3, -0.25) is 10.1 Å². The van der Waals surface area contributed by atoms with Gasteiger partial charge in [0, 0.05) is 10.3 Å². The Kier molecular flexibility index (Phi) is 4.83. The molecule has 0 aliphatic heterocycles. The van der Waals surface area contributed by atoms with Crippen molar-refractivity contribution in [3.8, 4) is 5.75 Å². The molecule has 138 valence electrons. The number of hydrogen-bond donors (Lipinski definition) is 1. The molecular formula is C18H14ClN3O4S. The number of carbonyl (C=O) groups excluding carboxylic acids is 1. The summed E-state index contributed by atoms with van der Waals surface area (Å²) in [6.45, 7) is 2.38. The van der Waals surface area contributed by atoms with Crippen LogP contribution in [0.3, 0.4) is 0 Å². The van der Waals surface area contributed by atoms with Crippen LogP contribution in [0.2, 0.25) is 4.34 Å². The van der Waals surface area contributed by atoms with Crippen LogP contribution in [0.25, 0.3) is 11.0 Å². The zero-order valence-electron chi connectivity index (χ0n) is 14.2. The van der Waals surface area contributed by atoms with Crippen LogP contribution in [0.4, 0.5) is 6.01 Å². The van der Waals surface area contributed by atoms with E-state index in [9.17, 15) is 4.79 Å². The zero-order chi connectivity index (χ0) is 18.8. The minimum atomic E-state index is -0.483. The standard InChI is InChI=1S/C18H14ClN3O4S/c1-2-24-12-5-3-4-10-8-13(25-16(10)12)17(23)20-18-22-21-15(26-18)9-11-6-7-14(19)27-11/h3-8H,2,9H2,1H3,(H,20,22,23). The Hall–Kier alpha value is -2.84. The van der Waals surface area contributed by atoms with Gasteiger partial charge in [-0.1, -0.05) is 28.8 Å². The summed E-state index contributed by atoms with van der Waals surface area (Å²) >= 11 is 7.34. The smallest absolute Gasteiger partial charge is 0.322 e. The van der Waals surface area contributed by atoms with Gasteiger partial charge in [-0.15, -0.1) is 16.4 Å². The number of fused-ring (bicyclic) bond motifs is 1. The van der Waals surface area contributed by atoms with Crippen LogP contribution in [-0.2, 0) is 6.42 Å². The monoisotopic (exact) mass is 403 g/mol. The fourth-order valence-corrected chi connectivity index (χ4v) is 3.63. The number of nitrogens with zero attached hydrogens (tertiary/aromatic N) is 2. The van der Waals surface area contributed by atoms with Crippen LogP contribution < -0.4 is 10.1 Å². The van der Waals surface area contributed by atoms with Gasteiger partial charge >= 0.3 is 6.01 Å². The largest absolute Gasteiger partial charge is 0.490 e. The average Bonchev–Trinajstić information content (AvgIpc) is 3.36. The summed E-state index contributed by atoms with van der Waals surface area (Å²) in [5.74, 6) is 0.612. The molecule has 0 atom stereocenters. The van der Waals surface area contributed by atoms with E-state index in [-0.39, 0.29) is 11.8 Å². The summed E-state index contributed by atoms with van der Waals surface area (Å²) in [6, 6.07) is 10.8. The van der Waals surface area contributed by atoms with Crippen molar-refractivity contribution < 1.29 is 18.4 Å². The van der Waals surface area contributed by atoms with Gasteiger partial charge in [0.25, 0.3) is 5.91 Å². The molecule has 27 heavy (non-hydrogen) atoms. The van der Waals surface area contributed by atoms with Gasteiger partial charge < -0.3 is 13.6 Å². The number of para-hydroxylation sites is 1. The van der Waals surface area contributed by atoms with E-state index in [0.717, 1.165) is 10.3 Å². The first kappa shape index (κ1) is 17.6. The minimum Gasteiger partial charge on any atom is -0.490 e. The minimum absolute atomic E-state index is 0.00291. The van der Waals surface area contributed by atoms with Crippen molar-refractivity contribution in [3.05, 3.63) is 57.3 Å². The normalized spacial score (nSPS) is 11.0. The number of ether oxygens (including phenoxy) is 1. The summed E-state index contributed by atoms with van der Waals surface area (Å²) in [4.78, 5) is 13.4. The lowest BCUT2D eigenvalue weighted by atomic mass is 10.2. The van der Waals surface area contributed by atoms with Crippen LogP contribution in [-0.4, -0.2) is 22.7 Å². The van der Waals surface area contributed by atoms with Crippen LogP contribution >= 0.6 is 22.9 Å². The van der Waals surface area contributed by atoms with Crippen LogP contribution in [0.5, 0.6) is 5.75 Å². The number of thiophene rings is 1. The summed E-state index contributed by atoms with van der Waals surface area (Å²) in [5.41, 5.74) is 0.519. The first-order chi connectivity index (χ1) is 13.1. The highest BCUT2D eigenvalue weighted by atomic mass is 35.5. The Morgan fingerprint density at radius 3 is 2.93 bits per heavy atom. The van der Waals surface area contributed by atoms with Crippen molar-refractivity contribution in [1.29, 1.82) is 0 Å². The molecule has 4 rings (SSSR count). The predicted octanol–water partition coefficient (Wildman–Crippen LogP) is 4.77. The zero-order valence-corrected chi connectivity index (χ0v) is 15.8. The molecule has 3 aromatic heterocycles. The molecule has 0 saturated carbocycles. The average molecular weight is 404 g/mol. The molecule has 0 bridgehead atoms. The van der Waals surface area contributed by atoms with Gasteiger partial charge in [0.1, 0.15) is 0 Å². The molecule has 1 amide bonds. The van der Waals surface area contributed by atoms with E-state index in [0.29, 0.717) is 34.6 Å². The van der Waals surface area contributed by atoms with Crippen molar-refractivity contribution in [2.75, 3.05) is 11.9 Å². The highest BCUT2D eigenvalue weighted by molar-refractivity contribution is 7.16. The van der Waals surface area contributed by atoms with E-state index in [1.54, 1.807) is 18.2 Å². The number of halogens is 1. The Morgan fingerprint density at radius 2 is 2.15 bits per heavy atom. The highest BCUT2D eigenvalue weighted by Crippen LogP contribution is 2.29. The number of anilines is 1. The third-order valence-electron chi connectivity index (χ3n) is 3.67. The number of carbonyl (C=O) groups is 1. The van der Waals surface area contributed by atoms with Gasteiger partial charge in [-0.25, -0.2) is 0 Å². The molecule has 0 radical (unpaired) electrons. The first-order valence-corrected chi connectivity index (χ1v) is 9.35. The highest BCUT2D eigenvalue weighted by Gasteiger charge is 2.18. The molecule has 1 N–H and O–H groups in total. The Labute approximate surface area is 162 Å². The SMILES string of the molecule is CCOc1cccc2cc(C(=O)Nc3nnc(Cc4ccc(Cl)s4)o3)oc12. The summed E-state index contributed by atoms with van der Waals surface area (Å²) in [5, 5.41) is 11.1. The Morgan fingerprint density at radius 1 is 1.26 bits per heavy atom. The summed E-state index contributed by atoms with van der Waals surface area (Å²) < 4.78 is 17.3. The maximum absolute atomic E-state index is 12.4. The van der Waals surface area contributed by atoms with Gasteiger partial charge in [0.15, 0.2) is 17.1 Å². The second-order valence-corrected chi connectivity index (χ2v) is 7.36. The Bertz CT molecular complexity index is 1100. The van der Waals surface area contributed by atoms with Gasteiger partial charge in [-0.2, -0.15) is 0 Å². The Balaban J connectivity index is 1.49. The summed E-state index contributed by atoms with van der Waals surface area (Å²) in [6.07, 6.45) is 0.447. The van der Waals surface area contributed by atoms with Crippen molar-refractivity contribution in [2.24, 2.45) is 0 Å². The van der Waals surface area contributed by atoms with Crippen LogP contribution in [0, 0.1) is 0 Å². The maximum Gasteiger partial charge on any atom is 0.322 e. The fourth-order valence-electron chi connectivity index (χ4n) is 2.55. The number of amides is 1. The number of nitrogens with one attached hydrogen (secondary N) is 1. The number of aromatic nitrogens is 2. The maximum atomic E-state index is 12.4. The molecular weight excluding hydrogens is 390 g/mol. The number of benzene rings is 1. The quantitative estimate of drug-likeness (QED) is 0.498. The molecule has 0 unspecified atom stereocenters. The van der Waals surface area contributed by atoms with E-state index >= 15 is 0 Å². The van der Waals surface area contributed by atoms with E-state index in [2.05, 4.69) is 15.5 Å². The van der Waals surface area contributed by atoms with E-state index in [4.69, 9.17) is 25.2 Å². The molecule has 3 heterocycles. The molecule has 0 aliphatic rings. The lowest BCUT2D eigenvalue weighted by molar-refractivity contribution is 0.0995. The lowest BCUT2D eigenvalue weighted by Gasteiger charge is -2.02. The third kappa shape index (κ3) is 3.81. The van der Waals surface area contributed by atoms with Crippen molar-refractivity contribution >= 4 is 45.8 Å². The topological polar surface area (TPSA) is 90.4 Å². The molecule has 0 spiro atoms. The molecule has 0 fully saturated rings. The number of hydrogen-bond acceptors (Lipinski definition) is 7. The second-order valence-electron chi connectivity index (χ2n) is 5.56. The van der Waals surface area contributed by atoms with Gasteiger partial charge in [0.05, 0.1) is 17.4 Å². The molecule has 0 aliphatic carbocycles. The molecule has 7 nitrogen and oxygen atoms in total. The summed E-state index contributed by atoms with van der Waals surface area (Å²) in [7, 11) is 0. The first-order valence-electron chi connectivity index (χ1n) is 8.15. The fraction of sp³-hybridized carbons (Fsp3) is 0.167. The van der Waals surface area contributed by atoms with E-state index in [1.807, 2.05) is 25.1 Å². The van der Waals surface area contributed by atoms with Crippen molar-refractivity contribution in [2.45, 2.75) is 13.3 Å². The number of furan rings is 1. The molecule has 9 heteroatoms. The molecule has 0 saturated heterocycles. The van der Waals surface area contributed by atoms with Crippen LogP contribution in [0.1, 0.15) is 28.2 Å². The van der Waals surface area contributed by atoms with Gasteiger partial charge in [-0.05, 0) is 31.2 Å². The van der Waals surface area contributed by atoms with E-state index in [1.165, 1.54) is 11.3 Å². The second kappa shape index (κ2) is 7.42. The third-order valence-corrected chi connectivity index (χ3v) is 4.90. The molecule has 1 aromatic carbocycles.